The molecule has 3 N–H and O–H groups in total. The number of rotatable bonds is 7. The van der Waals surface area contributed by atoms with E-state index >= 15 is 0 Å². The molecule has 1 saturated heterocycles. The number of nitrogens with one attached hydrogen (secondary N) is 3. The van der Waals surface area contributed by atoms with E-state index in [4.69, 9.17) is 4.74 Å². The molecule has 1 aliphatic carbocycles. The lowest BCUT2D eigenvalue weighted by molar-refractivity contribution is -0.129. The molecule has 0 aromatic carbocycles. The molecule has 6 heteroatoms. The fraction of sp³-hybridized carbons (Fsp3) is 0.846. The van der Waals surface area contributed by atoms with Crippen molar-refractivity contribution in [3.63, 3.8) is 0 Å². The summed E-state index contributed by atoms with van der Waals surface area (Å²) in [6.45, 7) is 4.01. The normalized spacial score (nSPS) is 26.2. The van der Waals surface area contributed by atoms with E-state index in [0.29, 0.717) is 19.3 Å². The van der Waals surface area contributed by atoms with Crippen molar-refractivity contribution >= 4 is 11.8 Å². The maximum Gasteiger partial charge on any atom is 0.239 e. The summed E-state index contributed by atoms with van der Waals surface area (Å²) in [5, 5.41) is 8.84. The first-order chi connectivity index (χ1) is 9.20. The van der Waals surface area contributed by atoms with Crippen LogP contribution in [0.3, 0.4) is 0 Å². The largest absolute Gasteiger partial charge is 0.379 e. The highest BCUT2D eigenvalue weighted by Crippen LogP contribution is 2.18. The van der Waals surface area contributed by atoms with Gasteiger partial charge in [-0.1, -0.05) is 6.92 Å². The van der Waals surface area contributed by atoms with Gasteiger partial charge in [0, 0.05) is 12.1 Å². The third kappa shape index (κ3) is 4.47. The Labute approximate surface area is 113 Å². The lowest BCUT2D eigenvalue weighted by Crippen LogP contribution is -2.46. The Bertz CT molecular complexity index is 331. The lowest BCUT2D eigenvalue weighted by Gasteiger charge is -2.18. The van der Waals surface area contributed by atoms with Gasteiger partial charge < -0.3 is 20.7 Å². The van der Waals surface area contributed by atoms with E-state index in [1.54, 1.807) is 0 Å². The molecule has 1 aliphatic heterocycles. The van der Waals surface area contributed by atoms with E-state index in [0.717, 1.165) is 25.8 Å². The Morgan fingerprint density at radius 1 is 1.26 bits per heavy atom. The van der Waals surface area contributed by atoms with Gasteiger partial charge in [-0.2, -0.15) is 0 Å². The number of carbonyl (C=O) groups excluding carboxylic acids is 2. The Kier molecular flexibility index (Phi) is 5.15. The van der Waals surface area contributed by atoms with Gasteiger partial charge in [0.05, 0.1) is 25.7 Å². The van der Waals surface area contributed by atoms with Gasteiger partial charge in [0.25, 0.3) is 0 Å². The SMILES string of the molecule is CCCNC1COCC1C(=O)NCC(=O)NC1CC1. The predicted octanol–water partition coefficient (Wildman–Crippen LogP) is -0.604. The van der Waals surface area contributed by atoms with Crippen molar-refractivity contribution in [1.82, 2.24) is 16.0 Å². The van der Waals surface area contributed by atoms with Crippen LogP contribution in [0.2, 0.25) is 0 Å². The topological polar surface area (TPSA) is 79.5 Å². The van der Waals surface area contributed by atoms with E-state index in [1.165, 1.54) is 0 Å². The van der Waals surface area contributed by atoms with Gasteiger partial charge in [-0.05, 0) is 25.8 Å². The first-order valence-corrected chi connectivity index (χ1v) is 7.09. The average Bonchev–Trinajstić information content (AvgIpc) is 3.08. The number of ether oxygens (including phenoxy) is 1. The third-order valence-electron chi connectivity index (χ3n) is 3.44. The minimum absolute atomic E-state index is 0.0615. The molecule has 108 valence electrons. The van der Waals surface area contributed by atoms with Crippen molar-refractivity contribution in [2.24, 2.45) is 5.92 Å². The standard InChI is InChI=1S/C13H23N3O3/c1-2-5-14-11-8-19-7-10(11)13(18)15-6-12(17)16-9-3-4-9/h9-11,14H,2-8H2,1H3,(H,15,18)(H,16,17). The minimum Gasteiger partial charge on any atom is -0.379 e. The lowest BCUT2D eigenvalue weighted by atomic mass is 10.0. The van der Waals surface area contributed by atoms with E-state index in [-0.39, 0.29) is 30.3 Å². The summed E-state index contributed by atoms with van der Waals surface area (Å²) < 4.78 is 5.35. The van der Waals surface area contributed by atoms with Crippen LogP contribution in [0.4, 0.5) is 0 Å². The van der Waals surface area contributed by atoms with Crippen LogP contribution in [0.15, 0.2) is 0 Å². The summed E-state index contributed by atoms with van der Waals surface area (Å²) in [6.07, 6.45) is 3.13. The van der Waals surface area contributed by atoms with Crippen molar-refractivity contribution in [3.8, 4) is 0 Å². The van der Waals surface area contributed by atoms with Crippen LogP contribution in [0, 0.1) is 5.92 Å². The maximum absolute atomic E-state index is 12.0. The molecule has 2 rings (SSSR count). The van der Waals surface area contributed by atoms with Crippen LogP contribution in [0.25, 0.3) is 0 Å². The van der Waals surface area contributed by atoms with E-state index in [9.17, 15) is 9.59 Å². The van der Waals surface area contributed by atoms with Crippen molar-refractivity contribution in [2.75, 3.05) is 26.3 Å². The van der Waals surface area contributed by atoms with Crippen molar-refractivity contribution in [2.45, 2.75) is 38.3 Å². The summed E-state index contributed by atoms with van der Waals surface area (Å²) in [4.78, 5) is 23.5. The van der Waals surface area contributed by atoms with Crippen LogP contribution >= 0.6 is 0 Å². The van der Waals surface area contributed by atoms with Crippen molar-refractivity contribution in [3.05, 3.63) is 0 Å². The third-order valence-corrected chi connectivity index (χ3v) is 3.44. The molecular weight excluding hydrogens is 246 g/mol. The summed E-state index contributed by atoms with van der Waals surface area (Å²) in [7, 11) is 0. The summed E-state index contributed by atoms with van der Waals surface area (Å²) >= 11 is 0. The number of amides is 2. The maximum atomic E-state index is 12.0. The highest BCUT2D eigenvalue weighted by atomic mass is 16.5. The molecule has 1 heterocycles. The predicted molar refractivity (Wildman–Crippen MR) is 70.6 cm³/mol. The number of hydrogen-bond acceptors (Lipinski definition) is 4. The Morgan fingerprint density at radius 3 is 2.74 bits per heavy atom. The fourth-order valence-corrected chi connectivity index (χ4v) is 2.15. The monoisotopic (exact) mass is 269 g/mol. The van der Waals surface area contributed by atoms with Crippen LogP contribution in [0.5, 0.6) is 0 Å². The number of carbonyl (C=O) groups is 2. The molecule has 2 amide bonds. The molecule has 2 aliphatic rings. The van der Waals surface area contributed by atoms with Gasteiger partial charge in [-0.3, -0.25) is 9.59 Å². The molecule has 1 saturated carbocycles. The molecule has 0 radical (unpaired) electrons. The van der Waals surface area contributed by atoms with Crippen LogP contribution < -0.4 is 16.0 Å². The molecule has 19 heavy (non-hydrogen) atoms. The van der Waals surface area contributed by atoms with Gasteiger partial charge in [-0.25, -0.2) is 0 Å². The molecule has 0 spiro atoms. The second-order valence-electron chi connectivity index (χ2n) is 5.26. The zero-order valence-electron chi connectivity index (χ0n) is 11.4. The molecule has 0 aromatic heterocycles. The van der Waals surface area contributed by atoms with Crippen LogP contribution in [-0.4, -0.2) is 50.2 Å². The van der Waals surface area contributed by atoms with E-state index in [1.807, 2.05) is 0 Å². The second kappa shape index (κ2) is 6.86. The summed E-state index contributed by atoms with van der Waals surface area (Å²) in [5.41, 5.74) is 0. The molecule has 2 fully saturated rings. The highest BCUT2D eigenvalue weighted by molar-refractivity contribution is 5.86. The molecular formula is C13H23N3O3. The fourth-order valence-electron chi connectivity index (χ4n) is 2.15. The highest BCUT2D eigenvalue weighted by Gasteiger charge is 2.33. The summed E-state index contributed by atoms with van der Waals surface area (Å²) in [5.74, 6) is -0.398. The molecule has 6 nitrogen and oxygen atoms in total. The van der Waals surface area contributed by atoms with Gasteiger partial charge in [-0.15, -0.1) is 0 Å². The molecule has 2 unspecified atom stereocenters. The van der Waals surface area contributed by atoms with Gasteiger partial charge in [0.1, 0.15) is 0 Å². The smallest absolute Gasteiger partial charge is 0.239 e. The van der Waals surface area contributed by atoms with Gasteiger partial charge in [0.2, 0.25) is 11.8 Å². The zero-order valence-corrected chi connectivity index (χ0v) is 11.4. The second-order valence-corrected chi connectivity index (χ2v) is 5.26. The number of hydrogen-bond donors (Lipinski definition) is 3. The van der Waals surface area contributed by atoms with Crippen molar-refractivity contribution in [1.29, 1.82) is 0 Å². The first kappa shape index (κ1) is 14.3. The Hall–Kier alpha value is -1.14. The van der Waals surface area contributed by atoms with Crippen LogP contribution in [-0.2, 0) is 14.3 Å². The molecule has 0 bridgehead atoms. The first-order valence-electron chi connectivity index (χ1n) is 7.09. The average molecular weight is 269 g/mol. The van der Waals surface area contributed by atoms with Crippen LogP contribution in [0.1, 0.15) is 26.2 Å². The van der Waals surface area contributed by atoms with Gasteiger partial charge in [0.15, 0.2) is 0 Å². The van der Waals surface area contributed by atoms with E-state index < -0.39 is 0 Å². The van der Waals surface area contributed by atoms with E-state index in [2.05, 4.69) is 22.9 Å². The van der Waals surface area contributed by atoms with Gasteiger partial charge >= 0.3 is 0 Å². The molecule has 2 atom stereocenters. The molecule has 0 aromatic rings. The Balaban J connectivity index is 1.70. The minimum atomic E-state index is -0.194. The Morgan fingerprint density at radius 2 is 2.05 bits per heavy atom. The van der Waals surface area contributed by atoms with Crippen molar-refractivity contribution < 1.29 is 14.3 Å². The zero-order chi connectivity index (χ0) is 13.7. The quantitative estimate of drug-likeness (QED) is 0.576. The summed E-state index contributed by atoms with van der Waals surface area (Å²) in [6, 6.07) is 0.393.